The summed E-state index contributed by atoms with van der Waals surface area (Å²) in [6, 6.07) is 8.16. The first-order valence-corrected chi connectivity index (χ1v) is 9.53. The van der Waals surface area contributed by atoms with Gasteiger partial charge in [0.05, 0.1) is 19.9 Å². The molecule has 2 N–H and O–H groups in total. The number of ether oxygens (including phenoxy) is 2. The van der Waals surface area contributed by atoms with E-state index in [1.54, 1.807) is 14.2 Å². The number of hydrogen-bond donors (Lipinski definition) is 1. The number of nitrogen functional groups attached to an aromatic ring is 1. The number of hydrogen-bond acceptors (Lipinski definition) is 6. The number of nitrogens with two attached hydrogens (primary N) is 1. The Kier molecular flexibility index (Phi) is 4.74. The van der Waals surface area contributed by atoms with Crippen LogP contribution >= 0.6 is 0 Å². The first kappa shape index (κ1) is 19.0. The van der Waals surface area contributed by atoms with Crippen LogP contribution in [0.4, 0.5) is 11.6 Å². The van der Waals surface area contributed by atoms with Gasteiger partial charge in [0.25, 0.3) is 5.62 Å². The SMILES string of the molecule is COc1cc2c(cc1OC)-c1nc(=Nc3c(C)cc(C)cc3C)nc(N)n1CC2. The first-order chi connectivity index (χ1) is 13.9. The maximum Gasteiger partial charge on any atom is 0.255 e. The van der Waals surface area contributed by atoms with Crippen molar-refractivity contribution in [2.24, 2.45) is 4.99 Å². The van der Waals surface area contributed by atoms with Crippen LogP contribution in [0.15, 0.2) is 29.3 Å². The molecule has 7 nitrogen and oxygen atoms in total. The smallest absolute Gasteiger partial charge is 0.255 e. The van der Waals surface area contributed by atoms with Crippen molar-refractivity contribution in [3.63, 3.8) is 0 Å². The predicted octanol–water partition coefficient (Wildman–Crippen LogP) is 3.26. The molecule has 0 unspecified atom stereocenters. The molecule has 4 rings (SSSR count). The van der Waals surface area contributed by atoms with Crippen LogP contribution in [0.1, 0.15) is 22.3 Å². The summed E-state index contributed by atoms with van der Waals surface area (Å²) in [5, 5.41) is 0. The molecule has 0 fully saturated rings. The molecule has 0 radical (unpaired) electrons. The highest BCUT2D eigenvalue weighted by Gasteiger charge is 2.22. The van der Waals surface area contributed by atoms with E-state index in [1.165, 1.54) is 5.56 Å². The van der Waals surface area contributed by atoms with Gasteiger partial charge in [0.15, 0.2) is 11.5 Å². The maximum absolute atomic E-state index is 6.28. The first-order valence-electron chi connectivity index (χ1n) is 9.53. The van der Waals surface area contributed by atoms with Crippen LogP contribution in [0.25, 0.3) is 11.4 Å². The molecule has 0 aliphatic carbocycles. The summed E-state index contributed by atoms with van der Waals surface area (Å²) in [5.74, 6) is 2.50. The van der Waals surface area contributed by atoms with Crippen LogP contribution in [0.2, 0.25) is 0 Å². The van der Waals surface area contributed by atoms with Gasteiger partial charge < -0.3 is 15.2 Å². The zero-order chi connectivity index (χ0) is 20.7. The Labute approximate surface area is 169 Å². The summed E-state index contributed by atoms with van der Waals surface area (Å²) < 4.78 is 12.8. The number of aryl methyl sites for hydroxylation is 4. The van der Waals surface area contributed by atoms with Gasteiger partial charge >= 0.3 is 0 Å². The molecule has 0 bridgehead atoms. The van der Waals surface area contributed by atoms with Gasteiger partial charge in [0.1, 0.15) is 5.82 Å². The van der Waals surface area contributed by atoms with Gasteiger partial charge in [-0.05, 0) is 56.0 Å². The number of fused-ring (bicyclic) bond motifs is 3. The standard InChI is InChI=1S/C22H25N5O2/c1-12-8-13(2)19(14(3)9-12)24-22-25-20-16-11-18(29-5)17(28-4)10-15(16)6-7-27(20)21(23)26-22/h8-11H,6-7H2,1-5H3,(H2,23,24,26). The third-order valence-corrected chi connectivity index (χ3v) is 5.25. The van der Waals surface area contributed by atoms with Gasteiger partial charge in [-0.1, -0.05) is 17.7 Å². The fraction of sp³-hybridized carbons (Fsp3) is 0.318. The molecular weight excluding hydrogens is 366 g/mol. The van der Waals surface area contributed by atoms with Gasteiger partial charge in [-0.2, -0.15) is 9.97 Å². The van der Waals surface area contributed by atoms with E-state index in [2.05, 4.69) is 24.0 Å². The highest BCUT2D eigenvalue weighted by Crippen LogP contribution is 2.37. The van der Waals surface area contributed by atoms with Crippen molar-refractivity contribution in [1.82, 2.24) is 14.5 Å². The Hall–Kier alpha value is -3.35. The zero-order valence-corrected chi connectivity index (χ0v) is 17.4. The molecule has 0 saturated heterocycles. The van der Waals surface area contributed by atoms with Crippen LogP contribution in [-0.4, -0.2) is 28.8 Å². The van der Waals surface area contributed by atoms with Crippen molar-refractivity contribution in [2.75, 3.05) is 20.0 Å². The van der Waals surface area contributed by atoms with Gasteiger partial charge in [0, 0.05) is 12.1 Å². The van der Waals surface area contributed by atoms with Gasteiger partial charge in [-0.3, -0.25) is 4.57 Å². The second-order valence-corrected chi connectivity index (χ2v) is 7.33. The summed E-state index contributed by atoms with van der Waals surface area (Å²) in [6.45, 7) is 6.86. The molecule has 2 aromatic carbocycles. The minimum Gasteiger partial charge on any atom is -0.493 e. The lowest BCUT2D eigenvalue weighted by atomic mass is 9.99. The Balaban J connectivity index is 1.93. The maximum atomic E-state index is 6.28. The molecule has 1 aliphatic rings. The van der Waals surface area contributed by atoms with E-state index >= 15 is 0 Å². The lowest BCUT2D eigenvalue weighted by Gasteiger charge is -2.23. The lowest BCUT2D eigenvalue weighted by molar-refractivity contribution is 0.354. The molecule has 0 atom stereocenters. The topological polar surface area (TPSA) is 87.6 Å². The Bertz CT molecular complexity index is 1160. The molecule has 0 saturated carbocycles. The second kappa shape index (κ2) is 7.24. The van der Waals surface area contributed by atoms with Gasteiger partial charge in [0.2, 0.25) is 5.95 Å². The third kappa shape index (κ3) is 3.33. The Morgan fingerprint density at radius 1 is 0.966 bits per heavy atom. The van der Waals surface area contributed by atoms with Crippen LogP contribution < -0.4 is 20.8 Å². The predicted molar refractivity (Wildman–Crippen MR) is 113 cm³/mol. The summed E-state index contributed by atoms with van der Waals surface area (Å²) in [4.78, 5) is 13.9. The van der Waals surface area contributed by atoms with Crippen molar-refractivity contribution < 1.29 is 9.47 Å². The van der Waals surface area contributed by atoms with Gasteiger partial charge in [-0.15, -0.1) is 0 Å². The minimum atomic E-state index is 0.353. The highest BCUT2D eigenvalue weighted by atomic mass is 16.5. The van der Waals surface area contributed by atoms with E-state index in [1.807, 2.05) is 30.5 Å². The van der Waals surface area contributed by atoms with Crippen LogP contribution in [0.3, 0.4) is 0 Å². The minimum absolute atomic E-state index is 0.353. The summed E-state index contributed by atoms with van der Waals surface area (Å²) >= 11 is 0. The van der Waals surface area contributed by atoms with E-state index in [0.717, 1.165) is 40.2 Å². The van der Waals surface area contributed by atoms with E-state index < -0.39 is 0 Å². The van der Waals surface area contributed by atoms with Crippen molar-refractivity contribution in [3.05, 3.63) is 52.1 Å². The molecule has 2 heterocycles. The molecule has 29 heavy (non-hydrogen) atoms. The van der Waals surface area contributed by atoms with E-state index in [4.69, 9.17) is 25.2 Å². The van der Waals surface area contributed by atoms with Crippen LogP contribution in [-0.2, 0) is 13.0 Å². The van der Waals surface area contributed by atoms with Crippen LogP contribution in [0.5, 0.6) is 11.5 Å². The van der Waals surface area contributed by atoms with Crippen molar-refractivity contribution >= 4 is 11.6 Å². The summed E-state index contributed by atoms with van der Waals surface area (Å²) in [5.41, 5.74) is 13.0. The summed E-state index contributed by atoms with van der Waals surface area (Å²) in [7, 11) is 3.26. The van der Waals surface area contributed by atoms with E-state index in [0.29, 0.717) is 29.6 Å². The average molecular weight is 391 g/mol. The molecule has 0 amide bonds. The van der Waals surface area contributed by atoms with Gasteiger partial charge in [-0.25, -0.2) is 4.99 Å². The normalized spacial score (nSPS) is 13.1. The monoisotopic (exact) mass is 391 g/mol. The molecule has 150 valence electrons. The fourth-order valence-corrected chi connectivity index (χ4v) is 3.94. The number of rotatable bonds is 3. The van der Waals surface area contributed by atoms with E-state index in [-0.39, 0.29) is 0 Å². The molecule has 1 aromatic heterocycles. The molecular formula is C22H25N5O2. The van der Waals surface area contributed by atoms with Crippen molar-refractivity contribution in [3.8, 4) is 22.9 Å². The Morgan fingerprint density at radius 3 is 2.28 bits per heavy atom. The van der Waals surface area contributed by atoms with Crippen LogP contribution in [0, 0.1) is 20.8 Å². The largest absolute Gasteiger partial charge is 0.493 e. The average Bonchev–Trinajstić information content (AvgIpc) is 2.69. The quantitative estimate of drug-likeness (QED) is 0.740. The summed E-state index contributed by atoms with van der Waals surface area (Å²) in [6.07, 6.45) is 0.813. The number of benzene rings is 2. The Morgan fingerprint density at radius 2 is 1.62 bits per heavy atom. The molecule has 3 aromatic rings. The van der Waals surface area contributed by atoms with Crippen molar-refractivity contribution in [2.45, 2.75) is 33.7 Å². The lowest BCUT2D eigenvalue weighted by Crippen LogP contribution is -2.26. The number of methoxy groups -OCH3 is 2. The van der Waals surface area contributed by atoms with Crippen molar-refractivity contribution in [1.29, 1.82) is 0 Å². The van der Waals surface area contributed by atoms with E-state index in [9.17, 15) is 0 Å². The number of nitrogens with zero attached hydrogens (tertiary/aromatic N) is 4. The number of anilines is 1. The number of aromatic nitrogens is 3. The highest BCUT2D eigenvalue weighted by molar-refractivity contribution is 5.68. The molecule has 0 spiro atoms. The molecule has 1 aliphatic heterocycles. The zero-order valence-electron chi connectivity index (χ0n) is 17.4. The third-order valence-electron chi connectivity index (χ3n) is 5.25. The second-order valence-electron chi connectivity index (χ2n) is 7.33. The molecule has 7 heteroatoms. The fourth-order valence-electron chi connectivity index (χ4n) is 3.94.